The standard InChI is InChI=1S/C13H20O2Si/c1-10(13(14)15)11(2)16(3,4)12-8-6-5-7-9-12/h5-11H,1-4H3,(H,14,15)/t10-,11-/m0/s1. The van der Waals surface area contributed by atoms with Gasteiger partial charge in [0.25, 0.3) is 0 Å². The van der Waals surface area contributed by atoms with E-state index in [1.54, 1.807) is 0 Å². The van der Waals surface area contributed by atoms with Gasteiger partial charge in [-0.25, -0.2) is 0 Å². The fraction of sp³-hybridized carbons (Fsp3) is 0.462. The normalized spacial score (nSPS) is 15.5. The van der Waals surface area contributed by atoms with E-state index in [4.69, 9.17) is 5.11 Å². The maximum absolute atomic E-state index is 11.0. The zero-order valence-electron chi connectivity index (χ0n) is 10.4. The molecule has 2 atom stereocenters. The van der Waals surface area contributed by atoms with Crippen LogP contribution in [-0.4, -0.2) is 19.1 Å². The molecule has 0 heterocycles. The third-order valence-corrected chi connectivity index (χ3v) is 8.39. The molecule has 0 unspecified atom stereocenters. The van der Waals surface area contributed by atoms with Crippen molar-refractivity contribution in [2.45, 2.75) is 32.5 Å². The Morgan fingerprint density at radius 2 is 1.69 bits per heavy atom. The van der Waals surface area contributed by atoms with Crippen molar-refractivity contribution >= 4 is 19.2 Å². The molecule has 88 valence electrons. The smallest absolute Gasteiger partial charge is 0.306 e. The van der Waals surface area contributed by atoms with Gasteiger partial charge in [0, 0.05) is 0 Å². The molecule has 0 fully saturated rings. The van der Waals surface area contributed by atoms with Crippen LogP contribution >= 0.6 is 0 Å². The van der Waals surface area contributed by atoms with Gasteiger partial charge in [-0.2, -0.15) is 0 Å². The van der Waals surface area contributed by atoms with Crippen molar-refractivity contribution in [2.75, 3.05) is 0 Å². The molecular weight excluding hydrogens is 216 g/mol. The van der Waals surface area contributed by atoms with Crippen molar-refractivity contribution in [2.24, 2.45) is 5.92 Å². The molecule has 0 aromatic heterocycles. The van der Waals surface area contributed by atoms with Crippen molar-refractivity contribution in [1.29, 1.82) is 0 Å². The minimum absolute atomic E-state index is 0.229. The maximum atomic E-state index is 11.0. The second kappa shape index (κ2) is 4.83. The SMILES string of the molecule is C[C@H](C(=O)O)[C@H](C)[Si](C)(C)c1ccccc1. The molecule has 1 N–H and O–H groups in total. The maximum Gasteiger partial charge on any atom is 0.306 e. The highest BCUT2D eigenvalue weighted by atomic mass is 28.3. The molecule has 0 saturated heterocycles. The van der Waals surface area contributed by atoms with Crippen molar-refractivity contribution in [3.05, 3.63) is 30.3 Å². The fourth-order valence-corrected chi connectivity index (χ4v) is 4.94. The molecule has 0 radical (unpaired) electrons. The predicted octanol–water partition coefficient (Wildman–Crippen LogP) is 2.71. The van der Waals surface area contributed by atoms with Gasteiger partial charge in [0.2, 0.25) is 0 Å². The molecule has 0 aliphatic heterocycles. The molecular formula is C13H20O2Si. The third-order valence-electron chi connectivity index (χ3n) is 3.80. The van der Waals surface area contributed by atoms with Gasteiger partial charge in [0.1, 0.15) is 0 Å². The van der Waals surface area contributed by atoms with Gasteiger partial charge in [0.15, 0.2) is 0 Å². The first kappa shape index (κ1) is 13.0. The van der Waals surface area contributed by atoms with Gasteiger partial charge in [0.05, 0.1) is 14.0 Å². The monoisotopic (exact) mass is 236 g/mol. The van der Waals surface area contributed by atoms with Crippen LogP contribution in [0.25, 0.3) is 0 Å². The van der Waals surface area contributed by atoms with Gasteiger partial charge in [-0.3, -0.25) is 4.79 Å². The van der Waals surface area contributed by atoms with E-state index >= 15 is 0 Å². The first-order chi connectivity index (χ1) is 7.37. The van der Waals surface area contributed by atoms with E-state index in [9.17, 15) is 4.79 Å². The van der Waals surface area contributed by atoms with Crippen LogP contribution < -0.4 is 5.19 Å². The van der Waals surface area contributed by atoms with Gasteiger partial charge in [-0.15, -0.1) is 0 Å². The Kier molecular flexibility index (Phi) is 3.91. The summed E-state index contributed by atoms with van der Waals surface area (Å²) in [5.74, 6) is -0.967. The van der Waals surface area contributed by atoms with Crippen LogP contribution in [-0.2, 0) is 4.79 Å². The Morgan fingerprint density at radius 3 is 2.12 bits per heavy atom. The molecule has 0 aliphatic rings. The zero-order chi connectivity index (χ0) is 12.3. The van der Waals surface area contributed by atoms with Crippen LogP contribution in [0.1, 0.15) is 13.8 Å². The summed E-state index contributed by atoms with van der Waals surface area (Å²) in [4.78, 5) is 11.0. The van der Waals surface area contributed by atoms with Crippen molar-refractivity contribution < 1.29 is 9.90 Å². The highest BCUT2D eigenvalue weighted by Gasteiger charge is 2.36. The van der Waals surface area contributed by atoms with E-state index in [2.05, 4.69) is 32.2 Å². The van der Waals surface area contributed by atoms with Gasteiger partial charge in [-0.1, -0.05) is 62.5 Å². The number of benzene rings is 1. The van der Waals surface area contributed by atoms with E-state index < -0.39 is 14.0 Å². The van der Waals surface area contributed by atoms with Gasteiger partial charge < -0.3 is 5.11 Å². The Morgan fingerprint density at radius 1 is 1.19 bits per heavy atom. The minimum atomic E-state index is -1.69. The summed E-state index contributed by atoms with van der Waals surface area (Å²) in [5.41, 5.74) is 0.229. The van der Waals surface area contributed by atoms with Crippen LogP contribution in [0.4, 0.5) is 0 Å². The lowest BCUT2D eigenvalue weighted by Gasteiger charge is -2.32. The lowest BCUT2D eigenvalue weighted by molar-refractivity contribution is -0.141. The second-order valence-corrected chi connectivity index (χ2v) is 9.93. The first-order valence-electron chi connectivity index (χ1n) is 5.65. The van der Waals surface area contributed by atoms with Crippen molar-refractivity contribution in [3.8, 4) is 0 Å². The molecule has 3 heteroatoms. The Labute approximate surface area is 98.3 Å². The molecule has 0 amide bonds. The highest BCUT2D eigenvalue weighted by molar-refractivity contribution is 6.91. The van der Waals surface area contributed by atoms with Crippen LogP contribution in [0.3, 0.4) is 0 Å². The molecule has 0 saturated carbocycles. The van der Waals surface area contributed by atoms with Crippen molar-refractivity contribution in [1.82, 2.24) is 0 Å². The molecule has 2 nitrogen and oxygen atoms in total. The van der Waals surface area contributed by atoms with Gasteiger partial charge >= 0.3 is 5.97 Å². The topological polar surface area (TPSA) is 37.3 Å². The summed E-state index contributed by atoms with van der Waals surface area (Å²) in [6, 6.07) is 10.3. The average Bonchev–Trinajstić information content (AvgIpc) is 2.28. The number of carboxylic acid groups (broad SMARTS) is 1. The highest BCUT2D eigenvalue weighted by Crippen LogP contribution is 2.29. The van der Waals surface area contributed by atoms with E-state index in [1.807, 2.05) is 25.1 Å². The summed E-state index contributed by atoms with van der Waals surface area (Å²) < 4.78 is 0. The van der Waals surface area contributed by atoms with E-state index in [0.29, 0.717) is 0 Å². The van der Waals surface area contributed by atoms with E-state index in [1.165, 1.54) is 5.19 Å². The summed E-state index contributed by atoms with van der Waals surface area (Å²) in [5, 5.41) is 10.4. The van der Waals surface area contributed by atoms with Crippen molar-refractivity contribution in [3.63, 3.8) is 0 Å². The number of carboxylic acids is 1. The molecule has 16 heavy (non-hydrogen) atoms. The largest absolute Gasteiger partial charge is 0.481 e. The quantitative estimate of drug-likeness (QED) is 0.816. The third kappa shape index (κ3) is 2.53. The number of hydrogen-bond acceptors (Lipinski definition) is 1. The van der Waals surface area contributed by atoms with Crippen LogP contribution in [0, 0.1) is 5.92 Å². The predicted molar refractivity (Wildman–Crippen MR) is 69.8 cm³/mol. The molecule has 0 bridgehead atoms. The number of carbonyl (C=O) groups is 1. The zero-order valence-corrected chi connectivity index (χ0v) is 11.4. The lowest BCUT2D eigenvalue weighted by Crippen LogP contribution is -2.48. The summed E-state index contributed by atoms with van der Waals surface area (Å²) in [6.07, 6.45) is 0. The number of hydrogen-bond donors (Lipinski definition) is 1. The van der Waals surface area contributed by atoms with Crippen LogP contribution in [0.15, 0.2) is 30.3 Å². The summed E-state index contributed by atoms with van der Waals surface area (Å²) in [7, 11) is -1.69. The Hall–Kier alpha value is -1.09. The Bertz CT molecular complexity index is 359. The van der Waals surface area contributed by atoms with E-state index in [-0.39, 0.29) is 11.5 Å². The molecule has 1 rings (SSSR count). The van der Waals surface area contributed by atoms with Crippen LogP contribution in [0.2, 0.25) is 18.6 Å². The van der Waals surface area contributed by atoms with Crippen LogP contribution in [0.5, 0.6) is 0 Å². The Balaban J connectivity index is 2.98. The first-order valence-corrected chi connectivity index (χ1v) is 8.73. The summed E-state index contributed by atoms with van der Waals surface area (Å²) in [6.45, 7) is 8.36. The van der Waals surface area contributed by atoms with E-state index in [0.717, 1.165) is 0 Å². The lowest BCUT2D eigenvalue weighted by atomic mass is 10.1. The molecule has 0 aliphatic carbocycles. The summed E-state index contributed by atoms with van der Waals surface area (Å²) >= 11 is 0. The minimum Gasteiger partial charge on any atom is -0.481 e. The average molecular weight is 236 g/mol. The molecule has 1 aromatic rings. The fourth-order valence-electron chi connectivity index (χ4n) is 1.97. The molecule has 1 aromatic carbocycles. The van der Waals surface area contributed by atoms with Gasteiger partial charge in [-0.05, 0) is 5.54 Å². The molecule has 0 spiro atoms. The number of rotatable bonds is 4. The second-order valence-electron chi connectivity index (χ2n) is 5.00. The number of aliphatic carboxylic acids is 1.